The van der Waals surface area contributed by atoms with Crippen LogP contribution in [0.5, 0.6) is 5.75 Å². The number of rotatable bonds is 15. The number of unbranched alkanes of at least 4 members (excludes halogenated alkanes) is 3. The molecular weight excluding hydrogens is 449 g/mol. The summed E-state index contributed by atoms with van der Waals surface area (Å²) in [6.45, 7) is 9.21. The fourth-order valence-electron chi connectivity index (χ4n) is 3.92. The topological polar surface area (TPSA) is 31.4 Å². The molecule has 3 nitrogen and oxygen atoms in total. The van der Waals surface area contributed by atoms with Crippen molar-refractivity contribution in [3.05, 3.63) is 90.9 Å². The first kappa shape index (κ1) is 27.3. The van der Waals surface area contributed by atoms with E-state index in [1.807, 2.05) is 12.1 Å². The smallest absolute Gasteiger partial charge is 0.136 e. The molecule has 0 spiro atoms. The van der Waals surface area contributed by atoms with Crippen LogP contribution >= 0.6 is 0 Å². The summed E-state index contributed by atoms with van der Waals surface area (Å²) in [4.78, 5) is 4.49. The first-order chi connectivity index (χ1) is 17.6. The molecule has 1 heterocycles. The van der Waals surface area contributed by atoms with Crippen LogP contribution in [-0.2, 0) is 4.74 Å². The highest BCUT2D eigenvalue weighted by Gasteiger charge is 2.09. The first-order valence-corrected chi connectivity index (χ1v) is 13.0. The number of aromatic nitrogens is 1. The molecule has 0 bridgehead atoms. The number of allylic oxidation sites excluding steroid dienone is 1. The highest BCUT2D eigenvalue weighted by molar-refractivity contribution is 5.68. The van der Waals surface area contributed by atoms with Crippen molar-refractivity contribution in [1.29, 1.82) is 0 Å². The summed E-state index contributed by atoms with van der Waals surface area (Å²) in [5.74, 6) is 0.116. The number of ether oxygens (including phenoxy) is 2. The molecule has 1 aromatic heterocycles. The third-order valence-corrected chi connectivity index (χ3v) is 6.03. The molecule has 0 radical (unpaired) electrons. The third kappa shape index (κ3) is 8.76. The van der Waals surface area contributed by atoms with Crippen molar-refractivity contribution in [3.8, 4) is 28.1 Å². The summed E-state index contributed by atoms with van der Waals surface area (Å²) in [6, 6.07) is 17.0. The number of pyridine rings is 1. The Hall–Kier alpha value is -3.24. The van der Waals surface area contributed by atoms with E-state index in [1.54, 1.807) is 24.4 Å². The van der Waals surface area contributed by atoms with Gasteiger partial charge < -0.3 is 9.47 Å². The van der Waals surface area contributed by atoms with Crippen molar-refractivity contribution in [2.45, 2.75) is 58.5 Å². The van der Waals surface area contributed by atoms with Gasteiger partial charge in [-0.3, -0.25) is 4.98 Å². The van der Waals surface area contributed by atoms with Crippen molar-refractivity contribution in [2.75, 3.05) is 13.2 Å². The van der Waals surface area contributed by atoms with Crippen molar-refractivity contribution in [1.82, 2.24) is 4.98 Å². The molecule has 1 unspecified atom stereocenters. The van der Waals surface area contributed by atoms with Crippen molar-refractivity contribution < 1.29 is 13.9 Å². The molecule has 36 heavy (non-hydrogen) atoms. The predicted molar refractivity (Wildman–Crippen MR) is 149 cm³/mol. The normalized spacial score (nSPS) is 12.1. The second kappa shape index (κ2) is 15.0. The van der Waals surface area contributed by atoms with Crippen molar-refractivity contribution in [2.24, 2.45) is 0 Å². The molecule has 0 amide bonds. The molecule has 0 aliphatic carbocycles. The third-order valence-electron chi connectivity index (χ3n) is 6.03. The van der Waals surface area contributed by atoms with E-state index in [-0.39, 0.29) is 5.82 Å². The molecule has 0 N–H and O–H groups in total. The minimum atomic E-state index is -0.359. The quantitative estimate of drug-likeness (QED) is 0.158. The molecule has 0 fully saturated rings. The lowest BCUT2D eigenvalue weighted by molar-refractivity contribution is 0.0566. The first-order valence-electron chi connectivity index (χ1n) is 13.0. The average molecular weight is 488 g/mol. The average Bonchev–Trinajstić information content (AvgIpc) is 2.90. The lowest BCUT2D eigenvalue weighted by Crippen LogP contribution is -2.08. The Morgan fingerprint density at radius 2 is 1.81 bits per heavy atom. The van der Waals surface area contributed by atoms with Gasteiger partial charge in [0.05, 0.1) is 11.8 Å². The zero-order valence-corrected chi connectivity index (χ0v) is 21.6. The molecule has 0 aliphatic heterocycles. The zero-order valence-electron chi connectivity index (χ0n) is 21.6. The molecule has 190 valence electrons. The number of benzene rings is 2. The van der Waals surface area contributed by atoms with Crippen LogP contribution in [-0.4, -0.2) is 24.3 Å². The summed E-state index contributed by atoms with van der Waals surface area (Å²) in [5, 5.41) is 0. The molecule has 0 saturated heterocycles. The lowest BCUT2D eigenvalue weighted by atomic mass is 10.0. The van der Waals surface area contributed by atoms with Crippen LogP contribution in [0.2, 0.25) is 0 Å². The summed E-state index contributed by atoms with van der Waals surface area (Å²) < 4.78 is 25.8. The van der Waals surface area contributed by atoms with Crippen LogP contribution < -0.4 is 4.74 Å². The number of nitrogens with zero attached hydrogens (tertiary/aromatic N) is 1. The van der Waals surface area contributed by atoms with E-state index in [0.717, 1.165) is 43.4 Å². The highest BCUT2D eigenvalue weighted by atomic mass is 19.1. The molecule has 4 heteroatoms. The highest BCUT2D eigenvalue weighted by Crippen LogP contribution is 2.27. The van der Waals surface area contributed by atoms with Gasteiger partial charge in [-0.2, -0.15) is 0 Å². The Labute approximate surface area is 215 Å². The Morgan fingerprint density at radius 3 is 2.50 bits per heavy atom. The van der Waals surface area contributed by atoms with Gasteiger partial charge in [0.1, 0.15) is 18.2 Å². The Morgan fingerprint density at radius 1 is 1.00 bits per heavy atom. The van der Waals surface area contributed by atoms with Crippen LogP contribution in [0, 0.1) is 5.82 Å². The summed E-state index contributed by atoms with van der Waals surface area (Å²) in [5.41, 5.74) is 4.28. The largest absolute Gasteiger partial charge is 0.489 e. The van der Waals surface area contributed by atoms with E-state index in [0.29, 0.717) is 29.7 Å². The standard InChI is InChI=1S/C32H38FNO2/c1-4-6-10-22-35-25(3)11-8-7-9-12-26-13-15-27(16-14-26)28-17-20-32(34-24-28)30-19-18-29(23-31(30)33)36-21-5-2/h5,9,12-20,23-25H,2,4,6-8,10-11,21-22H2,1,3H3. The number of hydrogen-bond donors (Lipinski definition) is 0. The fraction of sp³-hybridized carbons (Fsp3) is 0.344. The van der Waals surface area contributed by atoms with Gasteiger partial charge in [-0.15, -0.1) is 0 Å². The molecule has 0 saturated carbocycles. The maximum absolute atomic E-state index is 14.5. The van der Waals surface area contributed by atoms with Crippen molar-refractivity contribution in [3.63, 3.8) is 0 Å². The molecule has 1 atom stereocenters. The van der Waals surface area contributed by atoms with Gasteiger partial charge in [-0.05, 0) is 61.9 Å². The number of hydrogen-bond acceptors (Lipinski definition) is 3. The Bertz CT molecular complexity index is 1090. The zero-order chi connectivity index (χ0) is 25.6. The molecule has 3 aromatic rings. The van der Waals surface area contributed by atoms with E-state index in [9.17, 15) is 4.39 Å². The minimum absolute atomic E-state index is 0.335. The van der Waals surface area contributed by atoms with Gasteiger partial charge in [-0.1, -0.05) is 74.9 Å². The van der Waals surface area contributed by atoms with Gasteiger partial charge in [0, 0.05) is 30.0 Å². The SMILES string of the molecule is C=CCOc1ccc(-c2ccc(-c3ccc(C=CCCCC(C)OCCCCC)cc3)cn2)c(F)c1. The van der Waals surface area contributed by atoms with Gasteiger partial charge in [0.25, 0.3) is 0 Å². The van der Waals surface area contributed by atoms with Crippen LogP contribution in [0.4, 0.5) is 4.39 Å². The molecule has 2 aromatic carbocycles. The fourth-order valence-corrected chi connectivity index (χ4v) is 3.92. The van der Waals surface area contributed by atoms with Gasteiger partial charge in [0.2, 0.25) is 0 Å². The minimum Gasteiger partial charge on any atom is -0.489 e. The second-order valence-electron chi connectivity index (χ2n) is 9.02. The summed E-state index contributed by atoms with van der Waals surface area (Å²) in [7, 11) is 0. The molecule has 0 aliphatic rings. The van der Waals surface area contributed by atoms with Crippen LogP contribution in [0.1, 0.15) is 57.9 Å². The van der Waals surface area contributed by atoms with E-state index in [1.165, 1.54) is 24.5 Å². The maximum atomic E-state index is 14.5. The number of halogens is 1. The Balaban J connectivity index is 1.49. The Kier molecular flexibility index (Phi) is 11.4. The van der Waals surface area contributed by atoms with Gasteiger partial charge in [0.15, 0.2) is 0 Å². The van der Waals surface area contributed by atoms with Crippen molar-refractivity contribution >= 4 is 6.08 Å². The monoisotopic (exact) mass is 487 g/mol. The van der Waals surface area contributed by atoms with Gasteiger partial charge in [-0.25, -0.2) is 4.39 Å². The molecular formula is C32H38FNO2. The predicted octanol–water partition coefficient (Wildman–Crippen LogP) is 8.90. The van der Waals surface area contributed by atoms with E-state index >= 15 is 0 Å². The van der Waals surface area contributed by atoms with Crippen LogP contribution in [0.3, 0.4) is 0 Å². The van der Waals surface area contributed by atoms with E-state index in [4.69, 9.17) is 9.47 Å². The van der Waals surface area contributed by atoms with Crippen LogP contribution in [0.15, 0.2) is 79.5 Å². The van der Waals surface area contributed by atoms with E-state index in [2.05, 4.69) is 61.8 Å². The lowest BCUT2D eigenvalue weighted by Gasteiger charge is -2.12. The van der Waals surface area contributed by atoms with E-state index < -0.39 is 0 Å². The second-order valence-corrected chi connectivity index (χ2v) is 9.02. The summed E-state index contributed by atoms with van der Waals surface area (Å²) >= 11 is 0. The van der Waals surface area contributed by atoms with Crippen LogP contribution in [0.25, 0.3) is 28.5 Å². The molecule has 3 rings (SSSR count). The maximum Gasteiger partial charge on any atom is 0.136 e. The summed E-state index contributed by atoms with van der Waals surface area (Å²) in [6.07, 6.45) is 15.1. The van der Waals surface area contributed by atoms with Gasteiger partial charge >= 0.3 is 0 Å².